The maximum atomic E-state index is 12.9. The second-order valence-electron chi connectivity index (χ2n) is 7.41. The van der Waals surface area contributed by atoms with Crippen LogP contribution in [-0.4, -0.2) is 65.1 Å². The van der Waals surface area contributed by atoms with Gasteiger partial charge >= 0.3 is 0 Å². The van der Waals surface area contributed by atoms with Crippen LogP contribution in [0.25, 0.3) is 0 Å². The number of carbonyl (C=O) groups excluding carboxylic acids is 1. The summed E-state index contributed by atoms with van der Waals surface area (Å²) in [5.74, 6) is 1.27. The molecule has 1 amide bonds. The number of aliphatic hydroxyl groups excluding tert-OH is 1. The molecule has 2 heterocycles. The van der Waals surface area contributed by atoms with Gasteiger partial charge in [-0.15, -0.1) is 0 Å². The number of carbonyl (C=O) groups is 1. The summed E-state index contributed by atoms with van der Waals surface area (Å²) in [6.45, 7) is 1.05. The molecule has 2 atom stereocenters. The molecular formula is C17H25N3O2. The first-order valence-electron chi connectivity index (χ1n) is 8.41. The smallest absolute Gasteiger partial charge is 0.255 e. The molecule has 0 unspecified atom stereocenters. The lowest BCUT2D eigenvalue weighted by Crippen LogP contribution is -2.38. The molecule has 0 bridgehead atoms. The summed E-state index contributed by atoms with van der Waals surface area (Å²) >= 11 is 0. The molecule has 1 saturated heterocycles. The zero-order valence-electron chi connectivity index (χ0n) is 13.4. The van der Waals surface area contributed by atoms with E-state index in [1.165, 1.54) is 31.4 Å². The van der Waals surface area contributed by atoms with Gasteiger partial charge in [0.2, 0.25) is 0 Å². The van der Waals surface area contributed by atoms with Crippen LogP contribution in [0.2, 0.25) is 0 Å². The van der Waals surface area contributed by atoms with Gasteiger partial charge in [0.05, 0.1) is 17.7 Å². The SMILES string of the molecule is CN(C)[C@H]1CN(C(=O)c2cc(C3CC3)[nH]c2C2CC2)C[C@@H]1O. The standard InChI is InChI=1S/C17H25N3O2/c1-19(2)14-8-20(9-15(14)21)17(22)12-7-13(10-3-4-10)18-16(12)11-5-6-11/h7,10-11,14-15,18,21H,3-6,8-9H2,1-2H3/t14-,15-/m0/s1. The number of rotatable bonds is 4. The summed E-state index contributed by atoms with van der Waals surface area (Å²) in [5, 5.41) is 10.2. The normalized spacial score (nSPS) is 28.6. The fraction of sp³-hybridized carbons (Fsp3) is 0.706. The third-order valence-corrected chi connectivity index (χ3v) is 5.31. The molecule has 120 valence electrons. The number of likely N-dealkylation sites (N-methyl/N-ethyl adjacent to an activating group) is 1. The Morgan fingerprint density at radius 1 is 1.23 bits per heavy atom. The van der Waals surface area contributed by atoms with Crippen molar-refractivity contribution in [2.75, 3.05) is 27.2 Å². The van der Waals surface area contributed by atoms with E-state index in [1.54, 1.807) is 0 Å². The number of amides is 1. The maximum absolute atomic E-state index is 12.9. The highest BCUT2D eigenvalue weighted by molar-refractivity contribution is 5.96. The summed E-state index contributed by atoms with van der Waals surface area (Å²) < 4.78 is 0. The molecule has 0 aromatic carbocycles. The number of likely N-dealkylation sites (tertiary alicyclic amines) is 1. The highest BCUT2D eigenvalue weighted by Crippen LogP contribution is 2.45. The number of aromatic amines is 1. The van der Waals surface area contributed by atoms with Gasteiger partial charge in [-0.05, 0) is 57.7 Å². The van der Waals surface area contributed by atoms with E-state index in [0.29, 0.717) is 24.9 Å². The van der Waals surface area contributed by atoms with Crippen LogP contribution in [-0.2, 0) is 0 Å². The van der Waals surface area contributed by atoms with E-state index in [2.05, 4.69) is 11.1 Å². The average Bonchev–Trinajstić information content (AvgIpc) is 3.41. The lowest BCUT2D eigenvalue weighted by atomic mass is 10.1. The van der Waals surface area contributed by atoms with Crippen LogP contribution in [0.1, 0.15) is 59.3 Å². The van der Waals surface area contributed by atoms with Crippen LogP contribution < -0.4 is 0 Å². The summed E-state index contributed by atoms with van der Waals surface area (Å²) in [7, 11) is 3.91. The molecule has 5 heteroatoms. The Morgan fingerprint density at radius 2 is 1.91 bits per heavy atom. The second-order valence-corrected chi connectivity index (χ2v) is 7.41. The van der Waals surface area contributed by atoms with E-state index in [0.717, 1.165) is 11.3 Å². The zero-order valence-corrected chi connectivity index (χ0v) is 13.4. The van der Waals surface area contributed by atoms with Gasteiger partial charge < -0.3 is 19.9 Å². The van der Waals surface area contributed by atoms with Crippen molar-refractivity contribution in [3.8, 4) is 0 Å². The van der Waals surface area contributed by atoms with E-state index in [9.17, 15) is 9.90 Å². The molecule has 2 aliphatic carbocycles. The van der Waals surface area contributed by atoms with Crippen molar-refractivity contribution in [3.05, 3.63) is 23.0 Å². The van der Waals surface area contributed by atoms with Crippen LogP contribution in [0.5, 0.6) is 0 Å². The first-order chi connectivity index (χ1) is 10.5. The van der Waals surface area contributed by atoms with Gasteiger partial charge in [0.15, 0.2) is 0 Å². The summed E-state index contributed by atoms with van der Waals surface area (Å²) in [4.78, 5) is 20.3. The van der Waals surface area contributed by atoms with E-state index < -0.39 is 6.10 Å². The molecule has 1 aromatic heterocycles. The van der Waals surface area contributed by atoms with Crippen molar-refractivity contribution in [1.82, 2.24) is 14.8 Å². The Hall–Kier alpha value is -1.33. The molecule has 22 heavy (non-hydrogen) atoms. The lowest BCUT2D eigenvalue weighted by molar-refractivity contribution is 0.0763. The Bertz CT molecular complexity index is 587. The minimum Gasteiger partial charge on any atom is -0.390 e. The van der Waals surface area contributed by atoms with E-state index in [4.69, 9.17) is 0 Å². The Balaban J connectivity index is 1.57. The number of aromatic nitrogens is 1. The largest absolute Gasteiger partial charge is 0.390 e. The van der Waals surface area contributed by atoms with Gasteiger partial charge in [-0.25, -0.2) is 0 Å². The first kappa shape index (κ1) is 14.3. The Kier molecular flexibility index (Phi) is 3.31. The first-order valence-corrected chi connectivity index (χ1v) is 8.41. The highest BCUT2D eigenvalue weighted by atomic mass is 16.3. The molecule has 2 N–H and O–H groups in total. The molecule has 1 aliphatic heterocycles. The van der Waals surface area contributed by atoms with E-state index in [-0.39, 0.29) is 11.9 Å². The molecule has 0 radical (unpaired) electrons. The molecular weight excluding hydrogens is 278 g/mol. The number of nitrogens with zero attached hydrogens (tertiary/aromatic N) is 2. The minimum atomic E-state index is -0.454. The second kappa shape index (κ2) is 5.10. The Morgan fingerprint density at radius 3 is 2.45 bits per heavy atom. The quantitative estimate of drug-likeness (QED) is 0.886. The molecule has 3 aliphatic rings. The third kappa shape index (κ3) is 2.46. The molecule has 5 nitrogen and oxygen atoms in total. The van der Waals surface area contributed by atoms with Crippen LogP contribution in [0, 0.1) is 0 Å². The summed E-state index contributed by atoms with van der Waals surface area (Å²) in [5.41, 5.74) is 3.25. The van der Waals surface area contributed by atoms with Crippen LogP contribution >= 0.6 is 0 Å². The van der Waals surface area contributed by atoms with Crippen molar-refractivity contribution in [2.24, 2.45) is 0 Å². The lowest BCUT2D eigenvalue weighted by Gasteiger charge is -2.21. The molecule has 2 saturated carbocycles. The molecule has 3 fully saturated rings. The molecule has 0 spiro atoms. The van der Waals surface area contributed by atoms with Gasteiger partial charge in [0.1, 0.15) is 0 Å². The van der Waals surface area contributed by atoms with Crippen LogP contribution in [0.15, 0.2) is 6.07 Å². The minimum absolute atomic E-state index is 0.0372. The fourth-order valence-electron chi connectivity index (χ4n) is 3.59. The topological polar surface area (TPSA) is 59.6 Å². The van der Waals surface area contributed by atoms with Gasteiger partial charge in [0.25, 0.3) is 5.91 Å². The number of aliphatic hydroxyl groups is 1. The highest BCUT2D eigenvalue weighted by Gasteiger charge is 2.39. The number of hydrogen-bond donors (Lipinski definition) is 2. The predicted molar refractivity (Wildman–Crippen MR) is 84.1 cm³/mol. The van der Waals surface area contributed by atoms with Gasteiger partial charge in [0, 0.05) is 24.5 Å². The van der Waals surface area contributed by atoms with Gasteiger partial charge in [-0.3, -0.25) is 4.79 Å². The number of nitrogens with one attached hydrogen (secondary N) is 1. The van der Waals surface area contributed by atoms with Gasteiger partial charge in [-0.1, -0.05) is 0 Å². The van der Waals surface area contributed by atoms with Crippen LogP contribution in [0.3, 0.4) is 0 Å². The Labute approximate surface area is 131 Å². The number of H-pyrrole nitrogens is 1. The maximum Gasteiger partial charge on any atom is 0.255 e. The number of hydrogen-bond acceptors (Lipinski definition) is 3. The van der Waals surface area contributed by atoms with Crippen molar-refractivity contribution in [3.63, 3.8) is 0 Å². The van der Waals surface area contributed by atoms with Crippen LogP contribution in [0.4, 0.5) is 0 Å². The molecule has 4 rings (SSSR count). The number of β-amino-alcohol motifs (C(OH)–C–C–N with tert-alkyl or cyclic N) is 1. The monoisotopic (exact) mass is 303 g/mol. The average molecular weight is 303 g/mol. The van der Waals surface area contributed by atoms with E-state index >= 15 is 0 Å². The zero-order chi connectivity index (χ0) is 15.4. The van der Waals surface area contributed by atoms with Crippen molar-refractivity contribution in [1.29, 1.82) is 0 Å². The predicted octanol–water partition coefficient (Wildman–Crippen LogP) is 1.52. The van der Waals surface area contributed by atoms with E-state index in [1.807, 2.05) is 23.9 Å². The fourth-order valence-corrected chi connectivity index (χ4v) is 3.59. The van der Waals surface area contributed by atoms with Crippen molar-refractivity contribution < 1.29 is 9.90 Å². The summed E-state index contributed by atoms with van der Waals surface area (Å²) in [6, 6.07) is 2.12. The van der Waals surface area contributed by atoms with Crippen molar-refractivity contribution >= 4 is 5.91 Å². The molecule has 1 aromatic rings. The third-order valence-electron chi connectivity index (χ3n) is 5.31. The van der Waals surface area contributed by atoms with Crippen molar-refractivity contribution in [2.45, 2.75) is 49.7 Å². The van der Waals surface area contributed by atoms with Gasteiger partial charge in [-0.2, -0.15) is 0 Å². The summed E-state index contributed by atoms with van der Waals surface area (Å²) in [6.07, 6.45) is 4.40.